The van der Waals surface area contributed by atoms with Gasteiger partial charge in [0.25, 0.3) is 0 Å². The lowest BCUT2D eigenvalue weighted by atomic mass is 10.1. The predicted octanol–water partition coefficient (Wildman–Crippen LogP) is 2.37. The van der Waals surface area contributed by atoms with Gasteiger partial charge in [0, 0.05) is 5.56 Å². The van der Waals surface area contributed by atoms with Crippen LogP contribution in [0.4, 0.5) is 10.1 Å². The molecule has 0 saturated carbocycles. The average molecular weight is 221 g/mol. The number of carbonyl (C=O) groups is 1. The van der Waals surface area contributed by atoms with Gasteiger partial charge >= 0.3 is 5.97 Å². The van der Waals surface area contributed by atoms with Crippen LogP contribution in [0.1, 0.15) is 10.6 Å². The van der Waals surface area contributed by atoms with E-state index in [-0.39, 0.29) is 11.4 Å². The van der Waals surface area contributed by atoms with E-state index in [9.17, 15) is 9.18 Å². The van der Waals surface area contributed by atoms with Crippen molar-refractivity contribution in [2.45, 2.75) is 0 Å². The second-order valence-electron chi connectivity index (χ2n) is 3.21. The first-order valence-electron chi connectivity index (χ1n) is 4.46. The molecular weight excluding hydrogens is 213 g/mol. The number of carboxylic acids is 1. The van der Waals surface area contributed by atoms with Crippen molar-refractivity contribution >= 4 is 11.7 Å². The van der Waals surface area contributed by atoms with Crippen LogP contribution in [0.5, 0.6) is 0 Å². The molecular formula is C11H8FNO3. The molecule has 2 rings (SSSR count). The number of nitrogen functional groups attached to an aromatic ring is 1. The zero-order valence-electron chi connectivity index (χ0n) is 8.11. The number of rotatable bonds is 2. The van der Waals surface area contributed by atoms with E-state index in [1.54, 1.807) is 0 Å². The average Bonchev–Trinajstić information content (AvgIpc) is 2.71. The highest BCUT2D eigenvalue weighted by atomic mass is 19.1. The van der Waals surface area contributed by atoms with Gasteiger partial charge in [-0.2, -0.15) is 0 Å². The van der Waals surface area contributed by atoms with Gasteiger partial charge in [0.2, 0.25) is 5.76 Å². The Morgan fingerprint density at radius 2 is 2.06 bits per heavy atom. The van der Waals surface area contributed by atoms with E-state index in [0.29, 0.717) is 11.3 Å². The molecule has 0 amide bonds. The number of hydrogen-bond acceptors (Lipinski definition) is 3. The number of hydrogen-bond donors (Lipinski definition) is 2. The van der Waals surface area contributed by atoms with E-state index in [4.69, 9.17) is 15.3 Å². The van der Waals surface area contributed by atoms with Crippen LogP contribution in [0.2, 0.25) is 0 Å². The molecule has 0 aliphatic carbocycles. The molecule has 0 atom stereocenters. The van der Waals surface area contributed by atoms with Gasteiger partial charge in [0.05, 0.1) is 5.69 Å². The minimum atomic E-state index is -1.15. The van der Waals surface area contributed by atoms with E-state index < -0.39 is 11.8 Å². The Morgan fingerprint density at radius 3 is 2.62 bits per heavy atom. The molecule has 0 unspecified atom stereocenters. The maximum Gasteiger partial charge on any atom is 0.371 e. The van der Waals surface area contributed by atoms with Gasteiger partial charge in [-0.25, -0.2) is 9.18 Å². The first kappa shape index (κ1) is 10.2. The minimum absolute atomic E-state index is 0.00854. The van der Waals surface area contributed by atoms with Crippen molar-refractivity contribution in [3.8, 4) is 11.3 Å². The lowest BCUT2D eigenvalue weighted by Crippen LogP contribution is -1.92. The highest BCUT2D eigenvalue weighted by Gasteiger charge is 2.11. The standard InChI is InChI=1S/C11H8FNO3/c12-7-2-1-6(5-8(7)13)9-3-4-10(16-9)11(14)15/h1-5H,13H2,(H,14,15). The van der Waals surface area contributed by atoms with Gasteiger partial charge in [-0.15, -0.1) is 0 Å². The molecule has 0 fully saturated rings. The summed E-state index contributed by atoms with van der Waals surface area (Å²) in [5, 5.41) is 8.67. The van der Waals surface area contributed by atoms with Gasteiger partial charge in [0.1, 0.15) is 11.6 Å². The summed E-state index contributed by atoms with van der Waals surface area (Å²) in [7, 11) is 0. The lowest BCUT2D eigenvalue weighted by Gasteiger charge is -1.99. The van der Waals surface area contributed by atoms with Crippen molar-refractivity contribution in [1.82, 2.24) is 0 Å². The molecule has 0 aliphatic heterocycles. The van der Waals surface area contributed by atoms with Crippen molar-refractivity contribution in [2.75, 3.05) is 5.73 Å². The van der Waals surface area contributed by atoms with Gasteiger partial charge in [-0.1, -0.05) is 0 Å². The summed E-state index contributed by atoms with van der Waals surface area (Å²) in [6.45, 7) is 0. The van der Waals surface area contributed by atoms with E-state index in [1.807, 2.05) is 0 Å². The summed E-state index contributed by atoms with van der Waals surface area (Å²) in [4.78, 5) is 10.6. The number of anilines is 1. The fourth-order valence-corrected chi connectivity index (χ4v) is 1.30. The Bertz CT molecular complexity index is 548. The molecule has 0 saturated heterocycles. The van der Waals surface area contributed by atoms with Crippen LogP contribution in [-0.4, -0.2) is 11.1 Å². The van der Waals surface area contributed by atoms with Crippen molar-refractivity contribution in [3.05, 3.63) is 41.9 Å². The number of halogens is 1. The second-order valence-corrected chi connectivity index (χ2v) is 3.21. The molecule has 3 N–H and O–H groups in total. The van der Waals surface area contributed by atoms with Crippen LogP contribution in [0.15, 0.2) is 34.7 Å². The van der Waals surface area contributed by atoms with Crippen LogP contribution in [0.3, 0.4) is 0 Å². The number of furan rings is 1. The van der Waals surface area contributed by atoms with Crippen molar-refractivity contribution in [3.63, 3.8) is 0 Å². The van der Waals surface area contributed by atoms with Crippen LogP contribution in [0, 0.1) is 5.82 Å². The normalized spacial score (nSPS) is 10.3. The van der Waals surface area contributed by atoms with Crippen molar-refractivity contribution in [2.24, 2.45) is 0 Å². The van der Waals surface area contributed by atoms with Crippen molar-refractivity contribution in [1.29, 1.82) is 0 Å². The number of nitrogens with two attached hydrogens (primary N) is 1. The molecule has 0 spiro atoms. The Hall–Kier alpha value is -2.30. The Balaban J connectivity index is 2.42. The molecule has 0 bridgehead atoms. The monoisotopic (exact) mass is 221 g/mol. The van der Waals surface area contributed by atoms with Gasteiger partial charge in [-0.3, -0.25) is 0 Å². The van der Waals surface area contributed by atoms with Crippen LogP contribution in [-0.2, 0) is 0 Å². The van der Waals surface area contributed by atoms with E-state index >= 15 is 0 Å². The smallest absolute Gasteiger partial charge is 0.371 e. The van der Waals surface area contributed by atoms with Crippen LogP contribution < -0.4 is 5.73 Å². The van der Waals surface area contributed by atoms with E-state index in [1.165, 1.54) is 30.3 Å². The second kappa shape index (κ2) is 3.69. The summed E-state index contributed by atoms with van der Waals surface area (Å²) in [6, 6.07) is 6.89. The lowest BCUT2D eigenvalue weighted by molar-refractivity contribution is 0.0663. The molecule has 0 aliphatic rings. The topological polar surface area (TPSA) is 76.5 Å². The molecule has 4 nitrogen and oxygen atoms in total. The summed E-state index contributed by atoms with van der Waals surface area (Å²) in [5.41, 5.74) is 5.92. The molecule has 16 heavy (non-hydrogen) atoms. The largest absolute Gasteiger partial charge is 0.475 e. The number of benzene rings is 1. The van der Waals surface area contributed by atoms with E-state index in [2.05, 4.69) is 0 Å². The maximum absolute atomic E-state index is 12.9. The van der Waals surface area contributed by atoms with Crippen LogP contribution in [0.25, 0.3) is 11.3 Å². The van der Waals surface area contributed by atoms with E-state index in [0.717, 1.165) is 0 Å². The summed E-state index contributed by atoms with van der Waals surface area (Å²) in [6.07, 6.45) is 0. The molecule has 1 aromatic carbocycles. The summed E-state index contributed by atoms with van der Waals surface area (Å²) < 4.78 is 17.9. The Kier molecular flexibility index (Phi) is 2.36. The molecule has 1 aromatic heterocycles. The third-order valence-corrected chi connectivity index (χ3v) is 2.10. The zero-order valence-corrected chi connectivity index (χ0v) is 8.11. The van der Waals surface area contributed by atoms with Crippen LogP contribution >= 0.6 is 0 Å². The number of aromatic carboxylic acids is 1. The highest BCUT2D eigenvalue weighted by Crippen LogP contribution is 2.25. The minimum Gasteiger partial charge on any atom is -0.475 e. The molecule has 5 heteroatoms. The molecule has 82 valence electrons. The maximum atomic E-state index is 12.9. The predicted molar refractivity (Wildman–Crippen MR) is 55.5 cm³/mol. The van der Waals surface area contributed by atoms with Gasteiger partial charge < -0.3 is 15.3 Å². The first-order chi connectivity index (χ1) is 7.58. The van der Waals surface area contributed by atoms with Gasteiger partial charge in [0.15, 0.2) is 0 Å². The summed E-state index contributed by atoms with van der Waals surface area (Å²) in [5.74, 6) is -1.50. The Labute approximate surface area is 90.1 Å². The molecule has 0 radical (unpaired) electrons. The summed E-state index contributed by atoms with van der Waals surface area (Å²) >= 11 is 0. The van der Waals surface area contributed by atoms with Gasteiger partial charge in [-0.05, 0) is 30.3 Å². The molecule has 2 aromatic rings. The zero-order chi connectivity index (χ0) is 11.7. The highest BCUT2D eigenvalue weighted by molar-refractivity contribution is 5.85. The fourth-order valence-electron chi connectivity index (χ4n) is 1.30. The first-order valence-corrected chi connectivity index (χ1v) is 4.46. The number of carboxylic acid groups (broad SMARTS) is 1. The molecule has 1 heterocycles. The van der Waals surface area contributed by atoms with Crippen molar-refractivity contribution < 1.29 is 18.7 Å². The quantitative estimate of drug-likeness (QED) is 0.763. The fraction of sp³-hybridized carbons (Fsp3) is 0. The SMILES string of the molecule is Nc1cc(-c2ccc(C(=O)O)o2)ccc1F. The third kappa shape index (κ3) is 1.75. The third-order valence-electron chi connectivity index (χ3n) is 2.10. The Morgan fingerprint density at radius 1 is 1.31 bits per heavy atom.